The maximum absolute atomic E-state index is 13.9. The Kier molecular flexibility index (Phi) is 18.2. The first-order chi connectivity index (χ1) is 21.0. The zero-order chi connectivity index (χ0) is 34.0. The van der Waals surface area contributed by atoms with Crippen molar-refractivity contribution in [2.75, 3.05) is 46.9 Å². The molecular weight excluding hydrogens is 592 g/mol. The number of ether oxygens (including phenoxy) is 1. The summed E-state index contributed by atoms with van der Waals surface area (Å²) in [5, 5.41) is 10.2. The van der Waals surface area contributed by atoms with E-state index in [0.29, 0.717) is 42.7 Å². The van der Waals surface area contributed by atoms with Crippen molar-refractivity contribution < 1.29 is 36.3 Å². The number of phenolic OH excluding ortho intramolecular Hbond substituents is 1. The van der Waals surface area contributed by atoms with E-state index in [0.717, 1.165) is 25.7 Å². The Morgan fingerprint density at radius 1 is 1.00 bits per heavy atom. The molecule has 1 rings (SSSR count). The first kappa shape index (κ1) is 40.3. The molecule has 0 aliphatic heterocycles. The Hall–Kier alpha value is -2.76. The summed E-state index contributed by atoms with van der Waals surface area (Å²) in [6, 6.07) is 6.86. The van der Waals surface area contributed by atoms with Gasteiger partial charge in [0, 0.05) is 24.0 Å². The number of quaternary nitrogens is 1. The molecule has 10 heteroatoms. The van der Waals surface area contributed by atoms with Crippen molar-refractivity contribution in [1.82, 2.24) is 4.90 Å². The monoisotopic (exact) mass is 649 g/mol. The molecule has 0 bridgehead atoms. The molecule has 0 fully saturated rings. The van der Waals surface area contributed by atoms with Gasteiger partial charge in [0.05, 0.1) is 46.9 Å². The van der Waals surface area contributed by atoms with Crippen LogP contribution >= 0.6 is 0 Å². The molecule has 0 saturated carbocycles. The molecule has 1 amide bonds. The van der Waals surface area contributed by atoms with Gasteiger partial charge in [-0.3, -0.25) is 9.35 Å². The molecule has 2 N–H and O–H groups in total. The van der Waals surface area contributed by atoms with Gasteiger partial charge in [-0.2, -0.15) is 8.42 Å². The summed E-state index contributed by atoms with van der Waals surface area (Å²) in [5.41, 5.74) is 4.31. The van der Waals surface area contributed by atoms with Gasteiger partial charge in [-0.1, -0.05) is 60.1 Å². The zero-order valence-corrected chi connectivity index (χ0v) is 29.5. The SMILES string of the molecule is CC(C)=CCCC(C)=CCOC(C(C)CCC=C(C)C)N(CC[N+](C)(C)CCCOS(=O)(=O)O)C(=O)C=Cc1ccccc1O. The zero-order valence-electron chi connectivity index (χ0n) is 28.7. The van der Waals surface area contributed by atoms with Gasteiger partial charge in [-0.25, -0.2) is 4.18 Å². The number of amides is 1. The number of nitrogens with zero attached hydrogens (tertiary/aromatic N) is 2. The number of benzene rings is 1. The Balaban J connectivity index is 3.27. The van der Waals surface area contributed by atoms with E-state index in [4.69, 9.17) is 9.29 Å². The Morgan fingerprint density at radius 3 is 2.27 bits per heavy atom. The third-order valence-electron chi connectivity index (χ3n) is 7.47. The number of para-hydroxylation sites is 1. The third-order valence-corrected chi connectivity index (χ3v) is 7.93. The van der Waals surface area contributed by atoms with Crippen molar-refractivity contribution in [2.24, 2.45) is 5.92 Å². The quantitative estimate of drug-likeness (QED) is 0.0371. The van der Waals surface area contributed by atoms with Crippen molar-refractivity contribution in [3.8, 4) is 5.75 Å². The van der Waals surface area contributed by atoms with Crippen molar-refractivity contribution in [1.29, 1.82) is 0 Å². The molecule has 0 heterocycles. The number of hydrogen-bond donors (Lipinski definition) is 2. The van der Waals surface area contributed by atoms with Crippen molar-refractivity contribution >= 4 is 22.4 Å². The van der Waals surface area contributed by atoms with Crippen LogP contribution in [0.15, 0.2) is 65.3 Å². The fraction of sp³-hybridized carbons (Fsp3) is 0.571. The second-order valence-electron chi connectivity index (χ2n) is 12.8. The molecule has 0 spiro atoms. The van der Waals surface area contributed by atoms with Crippen molar-refractivity contribution in [3.63, 3.8) is 0 Å². The van der Waals surface area contributed by atoms with Crippen LogP contribution in [0.1, 0.15) is 79.2 Å². The molecule has 0 radical (unpaired) electrons. The van der Waals surface area contributed by atoms with Crippen LogP contribution in [0.4, 0.5) is 0 Å². The molecule has 45 heavy (non-hydrogen) atoms. The van der Waals surface area contributed by atoms with Crippen LogP contribution in [0.3, 0.4) is 0 Å². The first-order valence-electron chi connectivity index (χ1n) is 15.7. The second-order valence-corrected chi connectivity index (χ2v) is 13.9. The molecule has 0 aliphatic carbocycles. The maximum atomic E-state index is 13.9. The highest BCUT2D eigenvalue weighted by atomic mass is 32.3. The van der Waals surface area contributed by atoms with Crippen LogP contribution in [-0.4, -0.2) is 86.5 Å². The van der Waals surface area contributed by atoms with E-state index in [1.165, 1.54) is 22.8 Å². The van der Waals surface area contributed by atoms with E-state index in [9.17, 15) is 18.3 Å². The lowest BCUT2D eigenvalue weighted by molar-refractivity contribution is -0.890. The molecule has 2 atom stereocenters. The van der Waals surface area contributed by atoms with Gasteiger partial charge < -0.3 is 19.2 Å². The predicted molar refractivity (Wildman–Crippen MR) is 183 cm³/mol. The number of carbonyl (C=O) groups excluding carboxylic acids is 1. The van der Waals surface area contributed by atoms with Crippen LogP contribution < -0.4 is 0 Å². The minimum atomic E-state index is -4.48. The van der Waals surface area contributed by atoms with Gasteiger partial charge >= 0.3 is 10.4 Å². The summed E-state index contributed by atoms with van der Waals surface area (Å²) in [5.74, 6) is -0.104. The van der Waals surface area contributed by atoms with Crippen LogP contribution in [-0.2, 0) is 24.1 Å². The van der Waals surface area contributed by atoms with Gasteiger partial charge in [0.2, 0.25) is 5.91 Å². The molecule has 0 aliphatic rings. The molecule has 0 aromatic heterocycles. The topological polar surface area (TPSA) is 113 Å². The van der Waals surface area contributed by atoms with E-state index in [-0.39, 0.29) is 24.2 Å². The van der Waals surface area contributed by atoms with E-state index in [1.807, 2.05) is 14.1 Å². The summed E-state index contributed by atoms with van der Waals surface area (Å²) in [6.07, 6.45) is 13.1. The van der Waals surface area contributed by atoms with Gasteiger partial charge in [0.1, 0.15) is 12.0 Å². The number of likely N-dealkylation sites (N-methyl/N-ethyl adjacent to an activating group) is 1. The minimum Gasteiger partial charge on any atom is -0.507 e. The Morgan fingerprint density at radius 2 is 1.64 bits per heavy atom. The highest BCUT2D eigenvalue weighted by molar-refractivity contribution is 7.80. The summed E-state index contributed by atoms with van der Waals surface area (Å²) >= 11 is 0. The molecule has 1 aromatic carbocycles. The molecule has 254 valence electrons. The highest BCUT2D eigenvalue weighted by Gasteiger charge is 2.30. The maximum Gasteiger partial charge on any atom is 0.397 e. The molecule has 0 saturated heterocycles. The smallest absolute Gasteiger partial charge is 0.397 e. The van der Waals surface area contributed by atoms with Gasteiger partial charge in [0.25, 0.3) is 0 Å². The normalized spacial score (nSPS) is 13.8. The first-order valence-corrected chi connectivity index (χ1v) is 17.1. The highest BCUT2D eigenvalue weighted by Crippen LogP contribution is 2.22. The standard InChI is InChI=1S/C35H56N2O7S/c1-28(2)14-11-16-30(5)22-27-43-35(31(6)17-12-15-29(3)4)36(34(39)21-20-32-18-9-10-19-33(32)38)23-25-37(7,8)24-13-26-44-45(40,41)42/h9-10,14-15,18-22,31,35H,11-13,16-17,23-27H2,1-8H3,(H-,38,39,40,41,42)/p+1. The largest absolute Gasteiger partial charge is 0.507 e. The van der Waals surface area contributed by atoms with E-state index < -0.39 is 16.6 Å². The van der Waals surface area contributed by atoms with Gasteiger partial charge in [0.15, 0.2) is 0 Å². The van der Waals surface area contributed by atoms with Gasteiger partial charge in [-0.05, 0) is 72.4 Å². The molecule has 9 nitrogen and oxygen atoms in total. The van der Waals surface area contributed by atoms with E-state index in [1.54, 1.807) is 35.2 Å². The average Bonchev–Trinajstić information content (AvgIpc) is 2.93. The van der Waals surface area contributed by atoms with Crippen LogP contribution in [0.25, 0.3) is 6.08 Å². The number of carbonyl (C=O) groups is 1. The third kappa shape index (κ3) is 18.7. The average molecular weight is 650 g/mol. The van der Waals surface area contributed by atoms with E-state index in [2.05, 4.69) is 64.0 Å². The fourth-order valence-corrected chi connectivity index (χ4v) is 5.04. The molecule has 1 aromatic rings. The van der Waals surface area contributed by atoms with Crippen LogP contribution in [0, 0.1) is 5.92 Å². The van der Waals surface area contributed by atoms with E-state index >= 15 is 0 Å². The molecule has 2 unspecified atom stereocenters. The number of allylic oxidation sites excluding steroid dienone is 5. The van der Waals surface area contributed by atoms with Crippen molar-refractivity contribution in [2.45, 2.75) is 79.9 Å². The molecular formula is C35H57N2O7S+. The lowest BCUT2D eigenvalue weighted by atomic mass is 10.0. The fourth-order valence-electron chi connectivity index (χ4n) is 4.71. The number of aromatic hydroxyl groups is 1. The van der Waals surface area contributed by atoms with Crippen LogP contribution in [0.2, 0.25) is 0 Å². The number of phenols is 1. The van der Waals surface area contributed by atoms with Gasteiger partial charge in [-0.15, -0.1) is 0 Å². The summed E-state index contributed by atoms with van der Waals surface area (Å²) in [4.78, 5) is 15.6. The number of hydrogen-bond acceptors (Lipinski definition) is 6. The minimum absolute atomic E-state index is 0.0289. The Labute approximate surface area is 272 Å². The lowest BCUT2D eigenvalue weighted by Gasteiger charge is -2.38. The summed E-state index contributed by atoms with van der Waals surface area (Å²) in [7, 11) is -0.482. The lowest BCUT2D eigenvalue weighted by Crippen LogP contribution is -2.52. The summed E-state index contributed by atoms with van der Waals surface area (Å²) < 4.78 is 42.2. The van der Waals surface area contributed by atoms with Crippen LogP contribution in [0.5, 0.6) is 5.75 Å². The predicted octanol–water partition coefficient (Wildman–Crippen LogP) is 6.94. The summed E-state index contributed by atoms with van der Waals surface area (Å²) in [6.45, 7) is 14.3. The number of rotatable bonds is 21. The second kappa shape index (κ2) is 20.4. The Bertz CT molecular complexity index is 1270. The van der Waals surface area contributed by atoms with Crippen molar-refractivity contribution in [3.05, 3.63) is 70.9 Å².